The van der Waals surface area contributed by atoms with Crippen molar-refractivity contribution in [2.45, 2.75) is 6.61 Å². The molecule has 2 aromatic rings. The Kier molecular flexibility index (Phi) is 5.02. The molecule has 0 atom stereocenters. The van der Waals surface area contributed by atoms with Crippen molar-refractivity contribution in [3.63, 3.8) is 0 Å². The molecule has 0 saturated heterocycles. The predicted molar refractivity (Wildman–Crippen MR) is 77.4 cm³/mol. The zero-order chi connectivity index (χ0) is 15.9. The highest BCUT2D eigenvalue weighted by Gasteiger charge is 2.03. The average molecular weight is 305 g/mol. The molecule has 2 aromatic carbocycles. The lowest BCUT2D eigenvalue weighted by Gasteiger charge is -2.07. The maximum atomic E-state index is 13.1. The van der Waals surface area contributed by atoms with Crippen LogP contribution in [0.25, 0.3) is 0 Å². The number of nitrogens with two attached hydrogens (primary N) is 1. The molecule has 0 spiro atoms. The van der Waals surface area contributed by atoms with E-state index < -0.39 is 17.7 Å². The number of nitrogens with zero attached hydrogens (tertiary/aromatic N) is 1. The van der Waals surface area contributed by atoms with Gasteiger partial charge in [-0.15, -0.1) is 0 Å². The third-order valence-corrected chi connectivity index (χ3v) is 2.64. The van der Waals surface area contributed by atoms with E-state index in [0.717, 1.165) is 12.1 Å². The highest BCUT2D eigenvalue weighted by atomic mass is 19.2. The lowest BCUT2D eigenvalue weighted by Crippen LogP contribution is -2.24. The molecule has 0 radical (unpaired) electrons. The summed E-state index contributed by atoms with van der Waals surface area (Å²) in [4.78, 5) is 10.5. The van der Waals surface area contributed by atoms with Gasteiger partial charge in [0.15, 0.2) is 11.6 Å². The molecule has 22 heavy (non-hydrogen) atoms. The van der Waals surface area contributed by atoms with Gasteiger partial charge in [-0.3, -0.25) is 0 Å². The number of halogens is 2. The minimum Gasteiger partial charge on any atom is -0.489 e. The second-order valence-corrected chi connectivity index (χ2v) is 4.34. The Bertz CT molecular complexity index is 705. The quantitative estimate of drug-likeness (QED) is 0.658. The van der Waals surface area contributed by atoms with Crippen LogP contribution < -0.4 is 15.9 Å². The largest absolute Gasteiger partial charge is 0.489 e. The minimum absolute atomic E-state index is 0.0946. The number of rotatable bonds is 5. The molecule has 5 nitrogen and oxygen atoms in total. The second-order valence-electron chi connectivity index (χ2n) is 4.34. The fraction of sp³-hybridized carbons (Fsp3) is 0.0667. The van der Waals surface area contributed by atoms with Crippen molar-refractivity contribution in [2.24, 2.45) is 10.8 Å². The van der Waals surface area contributed by atoms with Crippen LogP contribution in [0.2, 0.25) is 0 Å². The normalized spacial score (nSPS) is 10.6. The molecule has 3 N–H and O–H groups in total. The smallest absolute Gasteiger partial charge is 0.332 e. The molecular formula is C15H13F2N3O2. The lowest BCUT2D eigenvalue weighted by atomic mass is 10.2. The molecule has 0 bridgehead atoms. The Labute approximate surface area is 125 Å². The van der Waals surface area contributed by atoms with Gasteiger partial charge in [0.1, 0.15) is 12.4 Å². The Hall–Kier alpha value is -2.96. The van der Waals surface area contributed by atoms with Crippen LogP contribution in [0, 0.1) is 11.6 Å². The van der Waals surface area contributed by atoms with E-state index in [4.69, 9.17) is 10.5 Å². The van der Waals surface area contributed by atoms with Crippen molar-refractivity contribution in [1.29, 1.82) is 0 Å². The number of benzene rings is 2. The van der Waals surface area contributed by atoms with Crippen LogP contribution in [-0.2, 0) is 6.61 Å². The molecular weight excluding hydrogens is 292 g/mol. The second kappa shape index (κ2) is 7.16. The molecule has 0 saturated carbocycles. The van der Waals surface area contributed by atoms with Gasteiger partial charge in [-0.2, -0.15) is 5.10 Å². The van der Waals surface area contributed by atoms with Crippen molar-refractivity contribution < 1.29 is 18.3 Å². The number of nitrogens with one attached hydrogen (secondary N) is 1. The molecule has 114 valence electrons. The highest BCUT2D eigenvalue weighted by molar-refractivity contribution is 5.81. The maximum Gasteiger partial charge on any atom is 0.332 e. The van der Waals surface area contributed by atoms with E-state index in [-0.39, 0.29) is 6.61 Å². The number of carbonyl (C=O) groups is 1. The zero-order valence-electron chi connectivity index (χ0n) is 11.4. The summed E-state index contributed by atoms with van der Waals surface area (Å²) in [5, 5.41) is 3.63. The van der Waals surface area contributed by atoms with Crippen LogP contribution in [0.4, 0.5) is 13.6 Å². The SMILES string of the molecule is NC(=O)NN=Cc1cccc(OCc2ccc(F)c(F)c2)c1. The van der Waals surface area contributed by atoms with Crippen LogP contribution in [0.3, 0.4) is 0 Å². The topological polar surface area (TPSA) is 76.7 Å². The number of hydrazone groups is 1. The standard InChI is InChI=1S/C15H13F2N3O2/c16-13-5-4-11(7-14(13)17)9-22-12-3-1-2-10(6-12)8-19-20-15(18)21/h1-8H,9H2,(H3,18,20,21). The fourth-order valence-corrected chi connectivity index (χ4v) is 1.65. The van der Waals surface area contributed by atoms with E-state index in [9.17, 15) is 13.6 Å². The highest BCUT2D eigenvalue weighted by Crippen LogP contribution is 2.15. The first-order chi connectivity index (χ1) is 10.5. The maximum absolute atomic E-state index is 13.1. The predicted octanol–water partition coefficient (Wildman–Crippen LogP) is 2.55. The van der Waals surface area contributed by atoms with Gasteiger partial charge in [-0.25, -0.2) is 19.0 Å². The number of hydrogen-bond acceptors (Lipinski definition) is 3. The molecule has 2 rings (SSSR count). The number of carbonyl (C=O) groups excluding carboxylic acids is 1. The summed E-state index contributed by atoms with van der Waals surface area (Å²) in [6.07, 6.45) is 1.40. The van der Waals surface area contributed by atoms with Gasteiger partial charge in [-0.05, 0) is 35.4 Å². The summed E-state index contributed by atoms with van der Waals surface area (Å²) >= 11 is 0. The number of amides is 2. The van der Waals surface area contributed by atoms with E-state index in [1.54, 1.807) is 24.3 Å². The molecule has 0 aliphatic carbocycles. The zero-order valence-corrected chi connectivity index (χ0v) is 11.4. The summed E-state index contributed by atoms with van der Waals surface area (Å²) in [7, 11) is 0. The molecule has 0 aromatic heterocycles. The Morgan fingerprint density at radius 1 is 1.23 bits per heavy atom. The molecule has 0 aliphatic rings. The Morgan fingerprint density at radius 3 is 2.77 bits per heavy atom. The monoisotopic (exact) mass is 305 g/mol. The van der Waals surface area contributed by atoms with Gasteiger partial charge in [0.25, 0.3) is 0 Å². The lowest BCUT2D eigenvalue weighted by molar-refractivity contribution is 0.249. The van der Waals surface area contributed by atoms with Crippen LogP contribution in [0.15, 0.2) is 47.6 Å². The van der Waals surface area contributed by atoms with Gasteiger partial charge in [0.2, 0.25) is 0 Å². The summed E-state index contributed by atoms with van der Waals surface area (Å²) in [6.45, 7) is 0.0946. The molecule has 2 amide bonds. The van der Waals surface area contributed by atoms with Crippen molar-refractivity contribution in [1.82, 2.24) is 5.43 Å². The third-order valence-electron chi connectivity index (χ3n) is 2.64. The number of urea groups is 1. The van der Waals surface area contributed by atoms with E-state index in [0.29, 0.717) is 16.9 Å². The summed E-state index contributed by atoms with van der Waals surface area (Å²) < 4.78 is 31.4. The fourth-order valence-electron chi connectivity index (χ4n) is 1.65. The van der Waals surface area contributed by atoms with Crippen LogP contribution in [-0.4, -0.2) is 12.2 Å². The van der Waals surface area contributed by atoms with Gasteiger partial charge in [0, 0.05) is 0 Å². The summed E-state index contributed by atoms with van der Waals surface area (Å²) in [5.74, 6) is -1.30. The Balaban J connectivity index is 1.99. The molecule has 7 heteroatoms. The first-order valence-corrected chi connectivity index (χ1v) is 6.30. The van der Waals surface area contributed by atoms with Crippen molar-refractivity contribution >= 4 is 12.2 Å². The van der Waals surface area contributed by atoms with E-state index >= 15 is 0 Å². The molecule has 0 fully saturated rings. The molecule has 0 unspecified atom stereocenters. The molecule has 0 heterocycles. The number of primary amides is 1. The van der Waals surface area contributed by atoms with Crippen molar-refractivity contribution in [3.05, 3.63) is 65.2 Å². The van der Waals surface area contributed by atoms with Gasteiger partial charge < -0.3 is 10.5 Å². The summed E-state index contributed by atoms with van der Waals surface area (Å²) in [5.41, 5.74) is 8.13. The first kappa shape index (κ1) is 15.4. The van der Waals surface area contributed by atoms with Gasteiger partial charge >= 0.3 is 6.03 Å². The summed E-state index contributed by atoms with van der Waals surface area (Å²) in [6, 6.07) is 9.67. The number of hydrogen-bond donors (Lipinski definition) is 2. The van der Waals surface area contributed by atoms with Gasteiger partial charge in [0.05, 0.1) is 6.21 Å². The first-order valence-electron chi connectivity index (χ1n) is 6.30. The van der Waals surface area contributed by atoms with Crippen molar-refractivity contribution in [2.75, 3.05) is 0 Å². The van der Waals surface area contributed by atoms with Crippen LogP contribution in [0.1, 0.15) is 11.1 Å². The number of ether oxygens (including phenoxy) is 1. The van der Waals surface area contributed by atoms with Crippen LogP contribution >= 0.6 is 0 Å². The Morgan fingerprint density at radius 2 is 2.05 bits per heavy atom. The third kappa shape index (κ3) is 4.55. The molecule has 0 aliphatic heterocycles. The van der Waals surface area contributed by atoms with Crippen molar-refractivity contribution in [3.8, 4) is 5.75 Å². The van der Waals surface area contributed by atoms with E-state index in [2.05, 4.69) is 10.5 Å². The van der Waals surface area contributed by atoms with E-state index in [1.165, 1.54) is 12.3 Å². The minimum atomic E-state index is -0.917. The van der Waals surface area contributed by atoms with Gasteiger partial charge in [-0.1, -0.05) is 18.2 Å². The average Bonchev–Trinajstić information content (AvgIpc) is 2.49. The van der Waals surface area contributed by atoms with E-state index in [1.807, 2.05) is 0 Å². The van der Waals surface area contributed by atoms with Crippen LogP contribution in [0.5, 0.6) is 5.75 Å².